The summed E-state index contributed by atoms with van der Waals surface area (Å²) in [5, 5.41) is 14.4. The molecule has 106 valence electrons. The molecule has 0 aromatic carbocycles. The van der Waals surface area contributed by atoms with E-state index in [1.807, 2.05) is 6.20 Å². The van der Waals surface area contributed by atoms with Crippen LogP contribution in [0.3, 0.4) is 0 Å². The number of aromatic nitrogens is 2. The number of hydrogen-bond donors (Lipinski definition) is 3. The number of aryl methyl sites for hydroxylation is 1. The van der Waals surface area contributed by atoms with Crippen molar-refractivity contribution in [2.24, 2.45) is 5.92 Å². The standard InChI is InChI=1S/C14H24N4O/c1-10-11(8-17-18-10)7-16-13-4-2-3-12(13)14-9-19-6-5-15-14/h8,12-16H,2-7,9H2,1H3,(H,17,18). The fourth-order valence-electron chi connectivity index (χ4n) is 3.38. The predicted octanol–water partition coefficient (Wildman–Crippen LogP) is 0.965. The molecule has 1 aliphatic carbocycles. The van der Waals surface area contributed by atoms with E-state index in [9.17, 15) is 0 Å². The molecule has 19 heavy (non-hydrogen) atoms. The van der Waals surface area contributed by atoms with Crippen molar-refractivity contribution in [2.45, 2.75) is 44.8 Å². The number of aromatic amines is 1. The molecule has 2 heterocycles. The number of ether oxygens (including phenoxy) is 1. The summed E-state index contributed by atoms with van der Waals surface area (Å²) in [7, 11) is 0. The highest BCUT2D eigenvalue weighted by Gasteiger charge is 2.34. The molecule has 3 N–H and O–H groups in total. The third kappa shape index (κ3) is 2.99. The molecule has 0 amide bonds. The lowest BCUT2D eigenvalue weighted by Gasteiger charge is -2.33. The van der Waals surface area contributed by atoms with Gasteiger partial charge in [0.05, 0.1) is 19.4 Å². The Morgan fingerprint density at radius 2 is 2.42 bits per heavy atom. The second-order valence-electron chi connectivity index (χ2n) is 5.74. The smallest absolute Gasteiger partial charge is 0.0623 e. The molecule has 0 bridgehead atoms. The second kappa shape index (κ2) is 6.03. The molecule has 0 radical (unpaired) electrons. The highest BCUT2D eigenvalue weighted by Crippen LogP contribution is 2.29. The lowest BCUT2D eigenvalue weighted by atomic mass is 9.94. The summed E-state index contributed by atoms with van der Waals surface area (Å²) in [6, 6.07) is 1.13. The normalized spacial score (nSPS) is 31.7. The van der Waals surface area contributed by atoms with Gasteiger partial charge in [-0.25, -0.2) is 0 Å². The number of nitrogens with one attached hydrogen (secondary N) is 3. The zero-order valence-corrected chi connectivity index (χ0v) is 11.6. The highest BCUT2D eigenvalue weighted by molar-refractivity contribution is 5.14. The Morgan fingerprint density at radius 1 is 1.47 bits per heavy atom. The molecule has 3 rings (SSSR count). The molecular formula is C14H24N4O. The van der Waals surface area contributed by atoms with Gasteiger partial charge in [-0.05, 0) is 25.7 Å². The van der Waals surface area contributed by atoms with Gasteiger partial charge in [-0.2, -0.15) is 5.10 Å². The van der Waals surface area contributed by atoms with Crippen LogP contribution in [0.25, 0.3) is 0 Å². The molecule has 5 heteroatoms. The van der Waals surface area contributed by atoms with Gasteiger partial charge in [0.15, 0.2) is 0 Å². The van der Waals surface area contributed by atoms with Gasteiger partial charge in [0.25, 0.3) is 0 Å². The Morgan fingerprint density at radius 3 is 3.16 bits per heavy atom. The lowest BCUT2D eigenvalue weighted by Crippen LogP contribution is -2.50. The van der Waals surface area contributed by atoms with E-state index < -0.39 is 0 Å². The topological polar surface area (TPSA) is 62.0 Å². The number of H-pyrrole nitrogens is 1. The van der Waals surface area contributed by atoms with E-state index in [1.165, 1.54) is 30.5 Å². The number of rotatable bonds is 4. The van der Waals surface area contributed by atoms with E-state index in [4.69, 9.17) is 4.74 Å². The van der Waals surface area contributed by atoms with Crippen molar-refractivity contribution in [3.8, 4) is 0 Å². The molecule has 1 saturated carbocycles. The van der Waals surface area contributed by atoms with Crippen molar-refractivity contribution < 1.29 is 4.74 Å². The van der Waals surface area contributed by atoms with Crippen LogP contribution >= 0.6 is 0 Å². The summed E-state index contributed by atoms with van der Waals surface area (Å²) in [6.07, 6.45) is 5.84. The second-order valence-corrected chi connectivity index (χ2v) is 5.74. The molecule has 1 aromatic rings. The van der Waals surface area contributed by atoms with Gasteiger partial charge >= 0.3 is 0 Å². The maximum Gasteiger partial charge on any atom is 0.0623 e. The Kier molecular flexibility index (Phi) is 4.15. The van der Waals surface area contributed by atoms with Crippen LogP contribution in [0.4, 0.5) is 0 Å². The van der Waals surface area contributed by atoms with Crippen LogP contribution in [0.2, 0.25) is 0 Å². The third-order valence-corrected chi connectivity index (χ3v) is 4.53. The zero-order valence-electron chi connectivity index (χ0n) is 11.6. The largest absolute Gasteiger partial charge is 0.379 e. The first-order valence-electron chi connectivity index (χ1n) is 7.38. The molecule has 2 aliphatic rings. The van der Waals surface area contributed by atoms with Crippen molar-refractivity contribution in [1.82, 2.24) is 20.8 Å². The minimum absolute atomic E-state index is 0.527. The molecule has 3 atom stereocenters. The van der Waals surface area contributed by atoms with Crippen LogP contribution in [0.1, 0.15) is 30.5 Å². The minimum Gasteiger partial charge on any atom is -0.379 e. The van der Waals surface area contributed by atoms with E-state index in [0.29, 0.717) is 18.0 Å². The Hall–Kier alpha value is -0.910. The fraction of sp³-hybridized carbons (Fsp3) is 0.786. The first kappa shape index (κ1) is 13.1. The average molecular weight is 264 g/mol. The van der Waals surface area contributed by atoms with Crippen molar-refractivity contribution in [3.63, 3.8) is 0 Å². The number of hydrogen-bond acceptors (Lipinski definition) is 4. The van der Waals surface area contributed by atoms with E-state index in [0.717, 1.165) is 26.3 Å². The molecule has 1 aromatic heterocycles. The molecule has 0 spiro atoms. The van der Waals surface area contributed by atoms with Gasteiger partial charge in [0, 0.05) is 36.4 Å². The predicted molar refractivity (Wildman–Crippen MR) is 73.9 cm³/mol. The van der Waals surface area contributed by atoms with Crippen molar-refractivity contribution in [1.29, 1.82) is 0 Å². The molecule has 1 saturated heterocycles. The Labute approximate surface area is 114 Å². The van der Waals surface area contributed by atoms with Gasteiger partial charge in [0.1, 0.15) is 0 Å². The minimum atomic E-state index is 0.527. The fourth-order valence-corrected chi connectivity index (χ4v) is 3.38. The summed E-state index contributed by atoms with van der Waals surface area (Å²) in [5.41, 5.74) is 2.44. The van der Waals surface area contributed by atoms with Crippen molar-refractivity contribution >= 4 is 0 Å². The van der Waals surface area contributed by atoms with Gasteiger partial charge < -0.3 is 15.4 Å². The van der Waals surface area contributed by atoms with Crippen molar-refractivity contribution in [3.05, 3.63) is 17.5 Å². The van der Waals surface area contributed by atoms with E-state index in [2.05, 4.69) is 27.8 Å². The molecule has 1 aliphatic heterocycles. The highest BCUT2D eigenvalue weighted by atomic mass is 16.5. The van der Waals surface area contributed by atoms with Gasteiger partial charge in [-0.3, -0.25) is 5.10 Å². The summed E-state index contributed by atoms with van der Waals surface area (Å²) >= 11 is 0. The third-order valence-electron chi connectivity index (χ3n) is 4.53. The first-order valence-corrected chi connectivity index (χ1v) is 7.38. The zero-order chi connectivity index (χ0) is 13.1. The van der Waals surface area contributed by atoms with E-state index in [-0.39, 0.29) is 0 Å². The lowest BCUT2D eigenvalue weighted by molar-refractivity contribution is 0.0524. The van der Waals surface area contributed by atoms with Crippen LogP contribution in [0.15, 0.2) is 6.20 Å². The van der Waals surface area contributed by atoms with Crippen LogP contribution in [-0.2, 0) is 11.3 Å². The first-order chi connectivity index (χ1) is 9.34. The summed E-state index contributed by atoms with van der Waals surface area (Å²) in [6.45, 7) is 5.71. The van der Waals surface area contributed by atoms with Crippen LogP contribution in [0.5, 0.6) is 0 Å². The maximum absolute atomic E-state index is 5.61. The van der Waals surface area contributed by atoms with Crippen molar-refractivity contribution in [2.75, 3.05) is 19.8 Å². The number of morpholine rings is 1. The molecule has 2 fully saturated rings. The Balaban J connectivity index is 1.55. The SMILES string of the molecule is Cc1[nH]ncc1CNC1CCCC1C1COCCN1. The Bertz CT molecular complexity index is 400. The van der Waals surface area contributed by atoms with Crippen LogP contribution < -0.4 is 10.6 Å². The van der Waals surface area contributed by atoms with Gasteiger partial charge in [0.2, 0.25) is 0 Å². The summed E-state index contributed by atoms with van der Waals surface area (Å²) in [4.78, 5) is 0. The molecular weight excluding hydrogens is 240 g/mol. The summed E-state index contributed by atoms with van der Waals surface area (Å²) < 4.78 is 5.61. The van der Waals surface area contributed by atoms with Gasteiger partial charge in [-0.1, -0.05) is 6.42 Å². The van der Waals surface area contributed by atoms with Crippen LogP contribution in [0, 0.1) is 12.8 Å². The van der Waals surface area contributed by atoms with E-state index in [1.54, 1.807) is 0 Å². The summed E-state index contributed by atoms with van der Waals surface area (Å²) in [5.74, 6) is 0.701. The van der Waals surface area contributed by atoms with Crippen LogP contribution in [-0.4, -0.2) is 42.0 Å². The average Bonchev–Trinajstić information content (AvgIpc) is 3.06. The van der Waals surface area contributed by atoms with E-state index >= 15 is 0 Å². The van der Waals surface area contributed by atoms with Gasteiger partial charge in [-0.15, -0.1) is 0 Å². The monoisotopic (exact) mass is 264 g/mol. The maximum atomic E-state index is 5.61. The number of nitrogens with zero attached hydrogens (tertiary/aromatic N) is 1. The molecule has 5 nitrogen and oxygen atoms in total. The molecule has 3 unspecified atom stereocenters. The quantitative estimate of drug-likeness (QED) is 0.758.